The van der Waals surface area contributed by atoms with Crippen LogP contribution in [0.15, 0.2) is 24.3 Å². The fraction of sp³-hybridized carbons (Fsp3) is 0.562. The molecule has 1 atom stereocenters. The molecule has 1 saturated carbocycles. The third-order valence-corrected chi connectivity index (χ3v) is 3.73. The summed E-state index contributed by atoms with van der Waals surface area (Å²) in [6.45, 7) is 1.11. The molecule has 1 amide bonds. The number of carbonyl (C=O) groups is 1. The first-order valence-electron chi connectivity index (χ1n) is 7.33. The summed E-state index contributed by atoms with van der Waals surface area (Å²) in [5.74, 6) is 0.838. The first-order chi connectivity index (χ1) is 10.2. The summed E-state index contributed by atoms with van der Waals surface area (Å²) >= 11 is 0. The molecule has 0 radical (unpaired) electrons. The van der Waals surface area contributed by atoms with Crippen molar-refractivity contribution < 1.29 is 14.3 Å². The van der Waals surface area contributed by atoms with Crippen LogP contribution in [-0.4, -0.2) is 43.7 Å². The van der Waals surface area contributed by atoms with Gasteiger partial charge in [0, 0.05) is 26.3 Å². The van der Waals surface area contributed by atoms with Gasteiger partial charge >= 0.3 is 0 Å². The molecule has 0 spiro atoms. The van der Waals surface area contributed by atoms with Crippen LogP contribution < -0.4 is 10.5 Å². The lowest BCUT2D eigenvalue weighted by Crippen LogP contribution is -2.45. The molecule has 0 aromatic heterocycles. The van der Waals surface area contributed by atoms with Crippen LogP contribution in [0.3, 0.4) is 0 Å². The number of rotatable bonds is 8. The molecule has 1 aliphatic rings. The Bertz CT molecular complexity index is 457. The first-order valence-corrected chi connectivity index (χ1v) is 7.33. The van der Waals surface area contributed by atoms with E-state index in [-0.39, 0.29) is 5.91 Å². The van der Waals surface area contributed by atoms with Crippen molar-refractivity contribution in [3.63, 3.8) is 0 Å². The SMILES string of the molecule is COCCC(N)C(=O)N(Cc1ccc(OC)cc1)C1CC1. The van der Waals surface area contributed by atoms with E-state index in [0.717, 1.165) is 24.2 Å². The summed E-state index contributed by atoms with van der Waals surface area (Å²) in [4.78, 5) is 14.4. The summed E-state index contributed by atoms with van der Waals surface area (Å²) in [5, 5.41) is 0. The standard InChI is InChI=1S/C16H24N2O3/c1-20-10-9-15(17)16(19)18(13-5-6-13)11-12-3-7-14(21-2)8-4-12/h3-4,7-8,13,15H,5-6,9-11,17H2,1-2H3. The molecule has 1 fully saturated rings. The van der Waals surface area contributed by atoms with Crippen molar-refractivity contribution in [2.75, 3.05) is 20.8 Å². The Labute approximate surface area is 126 Å². The highest BCUT2D eigenvalue weighted by atomic mass is 16.5. The van der Waals surface area contributed by atoms with Gasteiger partial charge in [-0.25, -0.2) is 0 Å². The smallest absolute Gasteiger partial charge is 0.240 e. The molecular formula is C16H24N2O3. The fourth-order valence-corrected chi connectivity index (χ4v) is 2.28. The molecule has 1 aromatic carbocycles. The normalized spacial score (nSPS) is 15.6. The van der Waals surface area contributed by atoms with Gasteiger partial charge in [-0.2, -0.15) is 0 Å². The molecule has 5 nitrogen and oxygen atoms in total. The van der Waals surface area contributed by atoms with Crippen LogP contribution >= 0.6 is 0 Å². The number of methoxy groups -OCH3 is 2. The third kappa shape index (κ3) is 4.44. The Hall–Kier alpha value is -1.59. The Balaban J connectivity index is 1.99. The van der Waals surface area contributed by atoms with Crippen molar-refractivity contribution in [2.24, 2.45) is 5.73 Å². The third-order valence-electron chi connectivity index (χ3n) is 3.73. The van der Waals surface area contributed by atoms with E-state index in [2.05, 4.69) is 0 Å². The second-order valence-corrected chi connectivity index (χ2v) is 5.43. The van der Waals surface area contributed by atoms with Gasteiger partial charge < -0.3 is 20.1 Å². The highest BCUT2D eigenvalue weighted by molar-refractivity contribution is 5.82. The molecule has 2 N–H and O–H groups in total. The van der Waals surface area contributed by atoms with Gasteiger partial charge in [-0.3, -0.25) is 4.79 Å². The fourth-order valence-electron chi connectivity index (χ4n) is 2.28. The Kier molecular flexibility index (Phi) is 5.59. The van der Waals surface area contributed by atoms with Crippen LogP contribution in [-0.2, 0) is 16.1 Å². The Morgan fingerprint density at radius 1 is 1.33 bits per heavy atom. The molecule has 1 unspecified atom stereocenters. The predicted octanol–water partition coefficient (Wildman–Crippen LogP) is 1.55. The van der Waals surface area contributed by atoms with Gasteiger partial charge in [-0.1, -0.05) is 12.1 Å². The van der Waals surface area contributed by atoms with E-state index in [1.165, 1.54) is 0 Å². The lowest BCUT2D eigenvalue weighted by atomic mass is 10.1. The minimum atomic E-state index is -0.483. The number of ether oxygens (including phenoxy) is 2. The predicted molar refractivity (Wildman–Crippen MR) is 81.0 cm³/mol. The van der Waals surface area contributed by atoms with Gasteiger partial charge in [0.15, 0.2) is 0 Å². The molecule has 0 aliphatic heterocycles. The van der Waals surface area contributed by atoms with Crippen LogP contribution in [0.1, 0.15) is 24.8 Å². The van der Waals surface area contributed by atoms with Crippen LogP contribution in [0, 0.1) is 0 Å². The summed E-state index contributed by atoms with van der Waals surface area (Å²) in [5.41, 5.74) is 7.07. The molecule has 0 saturated heterocycles. The maximum absolute atomic E-state index is 12.5. The largest absolute Gasteiger partial charge is 0.497 e. The highest BCUT2D eigenvalue weighted by Crippen LogP contribution is 2.29. The number of benzene rings is 1. The maximum Gasteiger partial charge on any atom is 0.240 e. The van der Waals surface area contributed by atoms with Gasteiger partial charge in [0.1, 0.15) is 5.75 Å². The zero-order valence-corrected chi connectivity index (χ0v) is 12.7. The van der Waals surface area contributed by atoms with E-state index >= 15 is 0 Å². The van der Waals surface area contributed by atoms with Crippen LogP contribution in [0.4, 0.5) is 0 Å². The first kappa shape index (κ1) is 15.8. The zero-order valence-electron chi connectivity index (χ0n) is 12.7. The van der Waals surface area contributed by atoms with E-state index in [4.69, 9.17) is 15.2 Å². The minimum Gasteiger partial charge on any atom is -0.497 e. The van der Waals surface area contributed by atoms with Crippen LogP contribution in [0.25, 0.3) is 0 Å². The average molecular weight is 292 g/mol. The molecule has 21 heavy (non-hydrogen) atoms. The summed E-state index contributed by atoms with van der Waals surface area (Å²) < 4.78 is 10.1. The number of nitrogens with two attached hydrogens (primary N) is 1. The van der Waals surface area contributed by atoms with E-state index < -0.39 is 6.04 Å². The van der Waals surface area contributed by atoms with Crippen molar-refractivity contribution in [1.29, 1.82) is 0 Å². The van der Waals surface area contributed by atoms with Crippen LogP contribution in [0.2, 0.25) is 0 Å². The molecule has 1 aromatic rings. The summed E-state index contributed by atoms with van der Waals surface area (Å²) in [6, 6.07) is 7.66. The Morgan fingerprint density at radius 2 is 2.00 bits per heavy atom. The van der Waals surface area contributed by atoms with E-state index in [9.17, 15) is 4.79 Å². The second kappa shape index (κ2) is 7.43. The van der Waals surface area contributed by atoms with Crippen molar-refractivity contribution in [3.05, 3.63) is 29.8 Å². The van der Waals surface area contributed by atoms with Gasteiger partial charge in [0.2, 0.25) is 5.91 Å². The van der Waals surface area contributed by atoms with E-state index in [1.807, 2.05) is 29.2 Å². The number of hydrogen-bond donors (Lipinski definition) is 1. The van der Waals surface area contributed by atoms with Gasteiger partial charge in [0.25, 0.3) is 0 Å². The molecule has 0 bridgehead atoms. The second-order valence-electron chi connectivity index (χ2n) is 5.43. The van der Waals surface area contributed by atoms with Gasteiger partial charge in [0.05, 0.1) is 13.2 Å². The summed E-state index contributed by atoms with van der Waals surface area (Å²) in [7, 11) is 3.26. The molecule has 5 heteroatoms. The van der Waals surface area contributed by atoms with E-state index in [1.54, 1.807) is 14.2 Å². The maximum atomic E-state index is 12.5. The number of carbonyl (C=O) groups excluding carboxylic acids is 1. The molecule has 0 heterocycles. The Morgan fingerprint density at radius 3 is 2.52 bits per heavy atom. The molecule has 2 rings (SSSR count). The van der Waals surface area contributed by atoms with Crippen molar-refractivity contribution in [3.8, 4) is 5.75 Å². The quantitative estimate of drug-likeness (QED) is 0.789. The summed E-state index contributed by atoms with van der Waals surface area (Å²) in [6.07, 6.45) is 2.69. The lowest BCUT2D eigenvalue weighted by molar-refractivity contribution is -0.134. The number of amides is 1. The highest BCUT2D eigenvalue weighted by Gasteiger charge is 2.34. The zero-order chi connectivity index (χ0) is 15.2. The molecular weight excluding hydrogens is 268 g/mol. The molecule has 1 aliphatic carbocycles. The minimum absolute atomic E-state index is 0.0189. The number of hydrogen-bond acceptors (Lipinski definition) is 4. The van der Waals surface area contributed by atoms with E-state index in [0.29, 0.717) is 25.6 Å². The monoisotopic (exact) mass is 292 g/mol. The lowest BCUT2D eigenvalue weighted by Gasteiger charge is -2.26. The molecule has 116 valence electrons. The van der Waals surface area contributed by atoms with Crippen LogP contribution in [0.5, 0.6) is 5.75 Å². The number of nitrogens with zero attached hydrogens (tertiary/aromatic N) is 1. The topological polar surface area (TPSA) is 64.8 Å². The van der Waals surface area contributed by atoms with Gasteiger partial charge in [-0.05, 0) is 37.0 Å². The van der Waals surface area contributed by atoms with Crippen molar-refractivity contribution >= 4 is 5.91 Å². The van der Waals surface area contributed by atoms with Gasteiger partial charge in [-0.15, -0.1) is 0 Å². The van der Waals surface area contributed by atoms with Crippen molar-refractivity contribution in [1.82, 2.24) is 4.90 Å². The van der Waals surface area contributed by atoms with Crippen molar-refractivity contribution in [2.45, 2.75) is 37.9 Å². The average Bonchev–Trinajstić information content (AvgIpc) is 3.34.